The molecular weight excluding hydrogens is 142 g/mol. The van der Waals surface area contributed by atoms with E-state index in [1.807, 2.05) is 19.9 Å². The molecule has 0 aromatic carbocycles. The molecule has 3 nitrogen and oxygen atoms in total. The van der Waals surface area contributed by atoms with Gasteiger partial charge < -0.3 is 9.90 Å². The molecule has 0 aliphatic rings. The van der Waals surface area contributed by atoms with Crippen LogP contribution < -0.4 is 10.1 Å². The maximum atomic E-state index is 10.0. The molecule has 0 fully saturated rings. The average molecular weight is 155 g/mol. The van der Waals surface area contributed by atoms with Crippen LogP contribution in [0.1, 0.15) is 26.7 Å². The number of allylic oxidation sites excluding steroid dienone is 2. The second-order valence-corrected chi connectivity index (χ2v) is 2.12. The molecule has 0 radical (unpaired) electrons. The van der Waals surface area contributed by atoms with Gasteiger partial charge in [0.15, 0.2) is 5.70 Å². The Kier molecular flexibility index (Phi) is 5.07. The molecule has 0 saturated heterocycles. The van der Waals surface area contributed by atoms with Crippen LogP contribution in [0.4, 0.5) is 0 Å². The third kappa shape index (κ3) is 5.33. The molecule has 11 heavy (non-hydrogen) atoms. The van der Waals surface area contributed by atoms with Crippen LogP contribution in [-0.4, -0.2) is 12.2 Å². The van der Waals surface area contributed by atoms with Gasteiger partial charge in [-0.3, -0.25) is 0 Å². The predicted molar refractivity (Wildman–Crippen MR) is 40.7 cm³/mol. The van der Waals surface area contributed by atoms with Gasteiger partial charge in [0.1, 0.15) is 6.21 Å². The Morgan fingerprint density at radius 2 is 2.09 bits per heavy atom. The summed E-state index contributed by atoms with van der Waals surface area (Å²) in [6.07, 6.45) is 4.19. The molecule has 1 N–H and O–H groups in total. The van der Waals surface area contributed by atoms with E-state index in [0.29, 0.717) is 6.42 Å². The van der Waals surface area contributed by atoms with Crippen molar-refractivity contribution in [1.29, 1.82) is 0 Å². The van der Waals surface area contributed by atoms with E-state index >= 15 is 0 Å². The summed E-state index contributed by atoms with van der Waals surface area (Å²) in [7, 11) is 0. The summed E-state index contributed by atoms with van der Waals surface area (Å²) < 4.78 is 0. The van der Waals surface area contributed by atoms with E-state index in [9.17, 15) is 9.90 Å². The van der Waals surface area contributed by atoms with Crippen molar-refractivity contribution in [3.05, 3.63) is 11.8 Å². The molecule has 0 amide bonds. The van der Waals surface area contributed by atoms with Crippen molar-refractivity contribution < 1.29 is 14.9 Å². The maximum Gasteiger partial charge on any atom is 0.175 e. The molecule has 0 aliphatic carbocycles. The third-order valence-corrected chi connectivity index (χ3v) is 1.28. The lowest BCUT2D eigenvalue weighted by Gasteiger charge is -1.97. The summed E-state index contributed by atoms with van der Waals surface area (Å²) in [5, 5.41) is 10.0. The number of aliphatic carboxylic acids is 1. The molecule has 0 bridgehead atoms. The van der Waals surface area contributed by atoms with Gasteiger partial charge in [-0.1, -0.05) is 0 Å². The van der Waals surface area contributed by atoms with Crippen LogP contribution in [0.2, 0.25) is 0 Å². The summed E-state index contributed by atoms with van der Waals surface area (Å²) in [4.78, 5) is 13.0. The first-order chi connectivity index (χ1) is 5.20. The molecule has 0 unspecified atom stereocenters. The molecular formula is C8H13NO2. The lowest BCUT2D eigenvalue weighted by Crippen LogP contribution is -2.66. The Labute approximate surface area is 66.5 Å². The predicted octanol–water partition coefficient (Wildman–Crippen LogP) is -1.41. The second kappa shape index (κ2) is 5.65. The number of carbonyl (C=O) groups excluding carboxylic acids is 1. The highest BCUT2D eigenvalue weighted by molar-refractivity contribution is 5.64. The van der Waals surface area contributed by atoms with Crippen molar-refractivity contribution in [2.24, 2.45) is 0 Å². The zero-order valence-corrected chi connectivity index (χ0v) is 6.89. The molecule has 0 spiro atoms. The molecule has 0 rings (SSSR count). The van der Waals surface area contributed by atoms with Crippen LogP contribution in [0.5, 0.6) is 0 Å². The molecule has 0 atom stereocenters. The Morgan fingerprint density at radius 3 is 2.45 bits per heavy atom. The third-order valence-electron chi connectivity index (χ3n) is 1.28. The van der Waals surface area contributed by atoms with Crippen molar-refractivity contribution in [3.8, 4) is 0 Å². The van der Waals surface area contributed by atoms with Gasteiger partial charge in [-0.2, -0.15) is 0 Å². The second-order valence-electron chi connectivity index (χ2n) is 2.12. The minimum Gasteiger partial charge on any atom is -0.550 e. The largest absolute Gasteiger partial charge is 0.550 e. The zero-order chi connectivity index (χ0) is 8.69. The van der Waals surface area contributed by atoms with Gasteiger partial charge in [0.05, 0.1) is 0 Å². The molecule has 3 heteroatoms. The van der Waals surface area contributed by atoms with E-state index in [0.717, 1.165) is 5.70 Å². The van der Waals surface area contributed by atoms with E-state index in [4.69, 9.17) is 0 Å². The van der Waals surface area contributed by atoms with Gasteiger partial charge in [-0.15, -0.1) is 0 Å². The van der Waals surface area contributed by atoms with Crippen molar-refractivity contribution in [1.82, 2.24) is 0 Å². The molecule has 0 heterocycles. The Hall–Kier alpha value is -1.12. The van der Waals surface area contributed by atoms with Crippen LogP contribution in [-0.2, 0) is 4.79 Å². The van der Waals surface area contributed by atoms with Crippen molar-refractivity contribution >= 4 is 12.2 Å². The van der Waals surface area contributed by atoms with E-state index in [-0.39, 0.29) is 6.42 Å². The SMILES string of the molecule is CC=[NH+]/C(=C/C)CCC(=O)[O-]. The van der Waals surface area contributed by atoms with Crippen LogP contribution in [0, 0.1) is 0 Å². The summed E-state index contributed by atoms with van der Waals surface area (Å²) >= 11 is 0. The van der Waals surface area contributed by atoms with Gasteiger partial charge in [-0.05, 0) is 19.4 Å². The molecule has 62 valence electrons. The fourth-order valence-corrected chi connectivity index (χ4v) is 0.722. The first kappa shape index (κ1) is 9.88. The lowest BCUT2D eigenvalue weighted by atomic mass is 10.2. The van der Waals surface area contributed by atoms with Crippen molar-refractivity contribution in [2.75, 3.05) is 0 Å². The van der Waals surface area contributed by atoms with E-state index < -0.39 is 5.97 Å². The van der Waals surface area contributed by atoms with Crippen LogP contribution in [0.15, 0.2) is 11.8 Å². The Balaban J connectivity index is 3.81. The quantitative estimate of drug-likeness (QED) is 0.507. The standard InChI is InChI=1S/C8H13NO2/c1-3-7(9-4-2)5-6-8(10)11/h3-4H,5-6H2,1-2H3,(H,10,11)/b7-3+,9-4?. The highest BCUT2D eigenvalue weighted by Crippen LogP contribution is 1.93. The molecule has 0 saturated carbocycles. The van der Waals surface area contributed by atoms with Gasteiger partial charge in [-0.25, -0.2) is 4.99 Å². The monoisotopic (exact) mass is 155 g/mol. The topological polar surface area (TPSA) is 54.1 Å². The smallest absolute Gasteiger partial charge is 0.175 e. The van der Waals surface area contributed by atoms with E-state index in [2.05, 4.69) is 4.99 Å². The fraction of sp³-hybridized carbons (Fsp3) is 0.500. The van der Waals surface area contributed by atoms with Crippen LogP contribution >= 0.6 is 0 Å². The van der Waals surface area contributed by atoms with Crippen molar-refractivity contribution in [2.45, 2.75) is 26.7 Å². The minimum atomic E-state index is -1.01. The van der Waals surface area contributed by atoms with Gasteiger partial charge in [0.25, 0.3) is 0 Å². The van der Waals surface area contributed by atoms with Crippen LogP contribution in [0.25, 0.3) is 0 Å². The zero-order valence-electron chi connectivity index (χ0n) is 6.89. The number of rotatable bonds is 4. The first-order valence-corrected chi connectivity index (χ1v) is 3.60. The molecule has 0 aromatic rings. The van der Waals surface area contributed by atoms with Crippen molar-refractivity contribution in [3.63, 3.8) is 0 Å². The number of carboxylic acid groups (broad SMARTS) is 1. The van der Waals surface area contributed by atoms with Crippen LogP contribution in [0.3, 0.4) is 0 Å². The van der Waals surface area contributed by atoms with E-state index in [1.54, 1.807) is 6.21 Å². The number of carbonyl (C=O) groups is 1. The summed E-state index contributed by atoms with van der Waals surface area (Å²) in [5.74, 6) is -1.01. The number of hydrogen-bond acceptors (Lipinski definition) is 2. The molecule has 0 aliphatic heterocycles. The number of nitrogens with one attached hydrogen (secondary N) is 1. The Bertz CT molecular complexity index is 183. The minimum absolute atomic E-state index is 0.0700. The summed E-state index contributed by atoms with van der Waals surface area (Å²) in [6, 6.07) is 0. The fourth-order valence-electron chi connectivity index (χ4n) is 0.722. The Morgan fingerprint density at radius 1 is 1.45 bits per heavy atom. The summed E-state index contributed by atoms with van der Waals surface area (Å²) in [5.41, 5.74) is 0.914. The number of hydrogen-bond donors (Lipinski definition) is 1. The average Bonchev–Trinajstić information content (AvgIpc) is 1.97. The molecule has 0 aromatic heterocycles. The summed E-state index contributed by atoms with van der Waals surface area (Å²) in [6.45, 7) is 3.71. The number of carboxylic acids is 1. The lowest BCUT2D eigenvalue weighted by molar-refractivity contribution is -0.396. The van der Waals surface area contributed by atoms with Gasteiger partial charge >= 0.3 is 0 Å². The first-order valence-electron chi connectivity index (χ1n) is 3.60. The maximum absolute atomic E-state index is 10.0. The van der Waals surface area contributed by atoms with Gasteiger partial charge in [0.2, 0.25) is 0 Å². The highest BCUT2D eigenvalue weighted by Gasteiger charge is 1.97. The highest BCUT2D eigenvalue weighted by atomic mass is 16.4. The normalized spacial score (nSPS) is 12.4. The van der Waals surface area contributed by atoms with Gasteiger partial charge in [0, 0.05) is 19.3 Å². The van der Waals surface area contributed by atoms with E-state index in [1.165, 1.54) is 0 Å².